The summed E-state index contributed by atoms with van der Waals surface area (Å²) in [6.07, 6.45) is 7.09. The van der Waals surface area contributed by atoms with Crippen LogP contribution >= 0.6 is 22.9 Å². The molecule has 7 heteroatoms. The number of aromatic nitrogens is 2. The predicted octanol–water partition coefficient (Wildman–Crippen LogP) is 4.63. The Morgan fingerprint density at radius 2 is 1.96 bits per heavy atom. The number of amides is 1. The molecule has 0 radical (unpaired) electrons. The van der Waals surface area contributed by atoms with Gasteiger partial charge in [0, 0.05) is 22.0 Å². The van der Waals surface area contributed by atoms with Crippen LogP contribution in [-0.2, 0) is 4.79 Å². The van der Waals surface area contributed by atoms with Crippen molar-refractivity contribution in [3.63, 3.8) is 0 Å². The van der Waals surface area contributed by atoms with Crippen molar-refractivity contribution in [2.75, 3.05) is 4.90 Å². The lowest BCUT2D eigenvalue weighted by atomic mass is 9.84. The summed E-state index contributed by atoms with van der Waals surface area (Å²) in [5, 5.41) is 3.82. The van der Waals surface area contributed by atoms with Crippen molar-refractivity contribution in [1.82, 2.24) is 9.97 Å². The molecule has 1 amide bonds. The molecule has 3 atom stereocenters. The third kappa shape index (κ3) is 2.86. The van der Waals surface area contributed by atoms with Gasteiger partial charge in [0.15, 0.2) is 0 Å². The maximum absolute atomic E-state index is 12.3. The molecule has 5 nitrogen and oxygen atoms in total. The highest BCUT2D eigenvalue weighted by Gasteiger charge is 2.45. The fourth-order valence-corrected chi connectivity index (χ4v) is 5.95. The van der Waals surface area contributed by atoms with Crippen molar-refractivity contribution in [3.8, 4) is 11.1 Å². The average Bonchev–Trinajstić information content (AvgIpc) is 3.30. The van der Waals surface area contributed by atoms with Crippen molar-refractivity contribution >= 4 is 44.9 Å². The number of hydrogen-bond donors (Lipinski definition) is 1. The number of rotatable bonds is 3. The van der Waals surface area contributed by atoms with E-state index in [2.05, 4.69) is 20.2 Å². The van der Waals surface area contributed by atoms with Crippen LogP contribution in [0.25, 0.3) is 21.3 Å². The monoisotopic (exact) mass is 412 g/mol. The molecule has 1 aromatic carbocycles. The van der Waals surface area contributed by atoms with Crippen LogP contribution in [0.3, 0.4) is 0 Å². The Morgan fingerprint density at radius 3 is 2.75 bits per heavy atom. The predicted molar refractivity (Wildman–Crippen MR) is 114 cm³/mol. The van der Waals surface area contributed by atoms with Crippen molar-refractivity contribution in [1.29, 1.82) is 0 Å². The van der Waals surface area contributed by atoms with Crippen molar-refractivity contribution in [2.24, 2.45) is 11.7 Å². The number of benzene rings is 1. The summed E-state index contributed by atoms with van der Waals surface area (Å²) in [4.78, 5) is 24.6. The summed E-state index contributed by atoms with van der Waals surface area (Å²) in [6.45, 7) is 0. The zero-order valence-corrected chi connectivity index (χ0v) is 16.9. The smallest absolute Gasteiger partial charge is 0.240 e. The van der Waals surface area contributed by atoms with Crippen LogP contribution in [0.5, 0.6) is 0 Å². The summed E-state index contributed by atoms with van der Waals surface area (Å²) >= 11 is 7.67. The Morgan fingerprint density at radius 1 is 1.18 bits per heavy atom. The maximum atomic E-state index is 12.3. The average molecular weight is 413 g/mol. The highest BCUT2D eigenvalue weighted by atomic mass is 35.5. The summed E-state index contributed by atoms with van der Waals surface area (Å²) < 4.78 is 0. The number of nitrogens with two attached hydrogens (primary N) is 1. The van der Waals surface area contributed by atoms with Crippen LogP contribution in [-0.4, -0.2) is 28.0 Å². The number of hydrogen-bond acceptors (Lipinski definition) is 5. The zero-order chi connectivity index (χ0) is 19.3. The molecule has 28 heavy (non-hydrogen) atoms. The van der Waals surface area contributed by atoms with Crippen LogP contribution in [0.4, 0.5) is 5.82 Å². The minimum Gasteiger partial charge on any atom is -0.368 e. The van der Waals surface area contributed by atoms with E-state index < -0.39 is 0 Å². The Kier molecular flexibility index (Phi) is 4.48. The molecule has 5 rings (SSSR count). The molecule has 1 saturated carbocycles. The summed E-state index contributed by atoms with van der Waals surface area (Å²) in [5.41, 5.74) is 7.98. The first kappa shape index (κ1) is 17.9. The summed E-state index contributed by atoms with van der Waals surface area (Å²) in [7, 11) is 0. The fraction of sp³-hybridized carbons (Fsp3) is 0.381. The van der Waals surface area contributed by atoms with Gasteiger partial charge in [-0.05, 0) is 42.9 Å². The van der Waals surface area contributed by atoms with Gasteiger partial charge in [0.2, 0.25) is 5.91 Å². The minimum absolute atomic E-state index is 0.260. The van der Waals surface area contributed by atoms with Gasteiger partial charge in [0.25, 0.3) is 0 Å². The van der Waals surface area contributed by atoms with E-state index in [9.17, 15) is 4.79 Å². The Balaban J connectivity index is 1.68. The van der Waals surface area contributed by atoms with Crippen molar-refractivity contribution in [3.05, 3.63) is 41.0 Å². The van der Waals surface area contributed by atoms with E-state index in [0.717, 1.165) is 46.4 Å². The lowest BCUT2D eigenvalue weighted by Crippen LogP contribution is -2.45. The third-order valence-corrected chi connectivity index (χ3v) is 7.30. The first-order valence-corrected chi connectivity index (χ1v) is 10.9. The minimum atomic E-state index is -0.302. The number of thiophene rings is 1. The van der Waals surface area contributed by atoms with Crippen LogP contribution < -0.4 is 10.6 Å². The van der Waals surface area contributed by atoms with E-state index >= 15 is 0 Å². The molecule has 0 spiro atoms. The third-order valence-electron chi connectivity index (χ3n) is 6.17. The van der Waals surface area contributed by atoms with Gasteiger partial charge in [-0.25, -0.2) is 9.97 Å². The molecule has 1 aliphatic heterocycles. The molecule has 1 aliphatic carbocycles. The molecule has 3 aromatic rings. The number of nitrogens with zero attached hydrogens (tertiary/aromatic N) is 3. The summed E-state index contributed by atoms with van der Waals surface area (Å²) in [5.74, 6) is 1.09. The quantitative estimate of drug-likeness (QED) is 0.680. The van der Waals surface area contributed by atoms with E-state index in [4.69, 9.17) is 17.3 Å². The molecule has 0 bridgehead atoms. The topological polar surface area (TPSA) is 72.1 Å². The molecule has 144 valence electrons. The van der Waals surface area contributed by atoms with Gasteiger partial charge in [-0.2, -0.15) is 0 Å². The fourth-order valence-electron chi connectivity index (χ4n) is 4.92. The van der Waals surface area contributed by atoms with Crippen molar-refractivity contribution in [2.45, 2.75) is 44.2 Å². The van der Waals surface area contributed by atoms with Crippen LogP contribution in [0.1, 0.15) is 32.1 Å². The molecular formula is C21H21ClN4OS. The van der Waals surface area contributed by atoms with Crippen LogP contribution in [0.15, 0.2) is 36.0 Å². The van der Waals surface area contributed by atoms with E-state index in [1.54, 1.807) is 17.7 Å². The van der Waals surface area contributed by atoms with Gasteiger partial charge in [0.05, 0.1) is 5.39 Å². The molecule has 2 fully saturated rings. The lowest BCUT2D eigenvalue weighted by Gasteiger charge is -2.34. The molecule has 2 aromatic heterocycles. The van der Waals surface area contributed by atoms with Gasteiger partial charge >= 0.3 is 0 Å². The number of primary amides is 1. The molecular weight excluding hydrogens is 392 g/mol. The van der Waals surface area contributed by atoms with Crippen LogP contribution in [0, 0.1) is 5.92 Å². The standard InChI is InChI=1S/C21H21ClN4OS/c22-14-7-5-12(6-8-14)15-10-28-21-18(15)20(24-11-25-21)26-16-4-2-1-3-13(16)9-17(26)19(23)27/h5-8,10-11,13,16-17H,1-4,9H2,(H2,23,27)/t13-,16+,17-/m0/s1. The van der Waals surface area contributed by atoms with E-state index in [-0.39, 0.29) is 11.9 Å². The normalized spacial score (nSPS) is 24.5. The largest absolute Gasteiger partial charge is 0.368 e. The molecule has 3 heterocycles. The van der Waals surface area contributed by atoms with E-state index in [1.807, 2.05) is 24.3 Å². The van der Waals surface area contributed by atoms with Gasteiger partial charge in [-0.1, -0.05) is 36.6 Å². The van der Waals surface area contributed by atoms with E-state index in [1.165, 1.54) is 12.8 Å². The lowest BCUT2D eigenvalue weighted by molar-refractivity contribution is -0.119. The second-order valence-corrected chi connectivity index (χ2v) is 9.00. The van der Waals surface area contributed by atoms with Gasteiger partial charge in [-0.15, -0.1) is 11.3 Å². The number of fused-ring (bicyclic) bond motifs is 2. The molecule has 2 N–H and O–H groups in total. The number of carbonyl (C=O) groups is 1. The number of anilines is 1. The highest BCUT2D eigenvalue weighted by Crippen LogP contribution is 2.46. The Labute approximate surface area is 172 Å². The molecule has 2 aliphatic rings. The second-order valence-electron chi connectivity index (χ2n) is 7.71. The first-order chi connectivity index (χ1) is 13.6. The van der Waals surface area contributed by atoms with Gasteiger partial charge < -0.3 is 10.6 Å². The van der Waals surface area contributed by atoms with Crippen LogP contribution in [0.2, 0.25) is 5.02 Å². The Bertz CT molecular complexity index is 1030. The van der Waals surface area contributed by atoms with E-state index in [0.29, 0.717) is 17.0 Å². The van der Waals surface area contributed by atoms with Gasteiger partial charge in [-0.3, -0.25) is 4.79 Å². The van der Waals surface area contributed by atoms with Gasteiger partial charge in [0.1, 0.15) is 23.0 Å². The Hall–Kier alpha value is -2.18. The summed E-state index contributed by atoms with van der Waals surface area (Å²) in [6, 6.07) is 7.83. The molecule has 0 unspecified atom stereocenters. The number of carbonyl (C=O) groups excluding carboxylic acids is 1. The zero-order valence-electron chi connectivity index (χ0n) is 15.3. The number of halogens is 1. The molecule has 1 saturated heterocycles. The second kappa shape index (κ2) is 7.01. The maximum Gasteiger partial charge on any atom is 0.240 e. The van der Waals surface area contributed by atoms with Crippen molar-refractivity contribution < 1.29 is 4.79 Å². The first-order valence-electron chi connectivity index (χ1n) is 9.69. The highest BCUT2D eigenvalue weighted by molar-refractivity contribution is 7.17. The SMILES string of the molecule is NC(=O)[C@@H]1C[C@@H]2CCCC[C@H]2N1c1ncnc2scc(-c3ccc(Cl)cc3)c12.